The molecule has 2 atom stereocenters. The van der Waals surface area contributed by atoms with Crippen molar-refractivity contribution in [2.75, 3.05) is 18.9 Å². The highest BCUT2D eigenvalue weighted by molar-refractivity contribution is 5.89. The molecular weight excluding hydrogens is 285 g/mol. The Bertz CT molecular complexity index is 531. The van der Waals surface area contributed by atoms with Crippen molar-refractivity contribution in [1.29, 1.82) is 0 Å². The van der Waals surface area contributed by atoms with Crippen LogP contribution in [0.4, 0.5) is 14.9 Å². The second-order valence-electron chi connectivity index (χ2n) is 6.79. The van der Waals surface area contributed by atoms with Gasteiger partial charge in [0, 0.05) is 31.9 Å². The van der Waals surface area contributed by atoms with Crippen LogP contribution in [0.2, 0.25) is 0 Å². The van der Waals surface area contributed by atoms with Gasteiger partial charge in [0.15, 0.2) is 0 Å². The fourth-order valence-corrected chi connectivity index (χ4v) is 2.41. The van der Waals surface area contributed by atoms with E-state index in [2.05, 4.69) is 41.9 Å². The molecule has 7 heteroatoms. The zero-order valence-electron chi connectivity index (χ0n) is 13.5. The second-order valence-corrected chi connectivity index (χ2v) is 6.79. The molecule has 0 spiro atoms. The minimum absolute atomic E-state index is 0.0874. The monoisotopic (exact) mass is 309 g/mol. The summed E-state index contributed by atoms with van der Waals surface area (Å²) in [7, 11) is 1.69. The molecule has 0 aliphatic carbocycles. The minimum Gasteiger partial charge on any atom is -0.326 e. The number of anilines is 1. The number of carbonyl (C=O) groups is 1. The Kier molecular flexibility index (Phi) is 4.97. The highest BCUT2D eigenvalue weighted by atomic mass is 19.1. The smallest absolute Gasteiger partial charge is 0.321 e. The van der Waals surface area contributed by atoms with E-state index < -0.39 is 5.95 Å². The molecule has 122 valence electrons. The first-order valence-corrected chi connectivity index (χ1v) is 7.41. The quantitative estimate of drug-likeness (QED) is 0.747. The number of nitrogens with one attached hydrogen (secondary N) is 3. The van der Waals surface area contributed by atoms with E-state index in [4.69, 9.17) is 0 Å². The summed E-state index contributed by atoms with van der Waals surface area (Å²) in [6.45, 7) is 7.07. The van der Waals surface area contributed by atoms with Crippen LogP contribution in [0.5, 0.6) is 0 Å². The van der Waals surface area contributed by atoms with Crippen molar-refractivity contribution >= 4 is 11.7 Å². The zero-order chi connectivity index (χ0) is 16.3. The molecule has 1 aromatic rings. The van der Waals surface area contributed by atoms with Crippen LogP contribution in [0.25, 0.3) is 0 Å². The number of amides is 2. The normalized spacial score (nSPS) is 21.7. The lowest BCUT2D eigenvalue weighted by Crippen LogP contribution is -2.43. The number of hydrazine groups is 1. The van der Waals surface area contributed by atoms with E-state index in [1.54, 1.807) is 13.1 Å². The maximum Gasteiger partial charge on any atom is 0.321 e. The Morgan fingerprint density at radius 1 is 1.50 bits per heavy atom. The van der Waals surface area contributed by atoms with E-state index in [-0.39, 0.29) is 23.2 Å². The zero-order valence-corrected chi connectivity index (χ0v) is 13.5. The molecule has 2 unspecified atom stereocenters. The van der Waals surface area contributed by atoms with Gasteiger partial charge in [0.2, 0.25) is 5.95 Å². The van der Waals surface area contributed by atoms with E-state index in [0.29, 0.717) is 12.6 Å². The summed E-state index contributed by atoms with van der Waals surface area (Å²) in [5.41, 5.74) is 6.73. The van der Waals surface area contributed by atoms with E-state index in [1.165, 1.54) is 17.2 Å². The third-order valence-electron chi connectivity index (χ3n) is 3.87. The number of halogens is 1. The molecule has 22 heavy (non-hydrogen) atoms. The van der Waals surface area contributed by atoms with E-state index in [9.17, 15) is 9.18 Å². The number of pyridine rings is 1. The average molecular weight is 309 g/mol. The van der Waals surface area contributed by atoms with Crippen LogP contribution in [-0.2, 0) is 0 Å². The Hall–Kier alpha value is -1.73. The molecule has 3 N–H and O–H groups in total. The molecular formula is C15H24FN5O. The number of carbonyl (C=O) groups excluding carboxylic acids is 1. The highest BCUT2D eigenvalue weighted by Gasteiger charge is 2.33. The molecule has 2 rings (SSSR count). The predicted molar refractivity (Wildman–Crippen MR) is 83.8 cm³/mol. The van der Waals surface area contributed by atoms with Crippen LogP contribution >= 0.6 is 0 Å². The van der Waals surface area contributed by atoms with Gasteiger partial charge >= 0.3 is 6.03 Å². The molecule has 0 bridgehead atoms. The summed E-state index contributed by atoms with van der Waals surface area (Å²) in [4.78, 5) is 17.2. The van der Waals surface area contributed by atoms with Gasteiger partial charge in [0.05, 0.1) is 5.69 Å². The Balaban J connectivity index is 1.86. The van der Waals surface area contributed by atoms with Gasteiger partial charge in [0.1, 0.15) is 0 Å². The maximum atomic E-state index is 13.4. The third kappa shape index (κ3) is 4.14. The van der Waals surface area contributed by atoms with Gasteiger partial charge < -0.3 is 10.2 Å². The molecule has 6 nitrogen and oxygen atoms in total. The van der Waals surface area contributed by atoms with Gasteiger partial charge in [-0.25, -0.2) is 9.78 Å². The van der Waals surface area contributed by atoms with Gasteiger partial charge in [-0.15, -0.1) is 0 Å². The summed E-state index contributed by atoms with van der Waals surface area (Å²) < 4.78 is 13.4. The van der Waals surface area contributed by atoms with Gasteiger partial charge in [-0.3, -0.25) is 10.9 Å². The van der Waals surface area contributed by atoms with Crippen LogP contribution in [0, 0.1) is 11.4 Å². The van der Waals surface area contributed by atoms with Crippen LogP contribution in [-0.4, -0.2) is 41.6 Å². The van der Waals surface area contributed by atoms with Crippen molar-refractivity contribution < 1.29 is 9.18 Å². The molecule has 1 aliphatic heterocycles. The van der Waals surface area contributed by atoms with Crippen molar-refractivity contribution in [3.05, 3.63) is 24.3 Å². The number of nitrogens with zero attached hydrogens (tertiary/aromatic N) is 2. The predicted octanol–water partition coefficient (Wildman–Crippen LogP) is 1.97. The molecule has 2 amide bonds. The molecule has 2 heterocycles. The highest BCUT2D eigenvalue weighted by Crippen LogP contribution is 2.25. The number of likely N-dealkylation sites (N-methyl/N-ethyl adjacent to an activating group) is 1. The first-order chi connectivity index (χ1) is 10.3. The van der Waals surface area contributed by atoms with Crippen molar-refractivity contribution in [1.82, 2.24) is 20.7 Å². The Morgan fingerprint density at radius 3 is 2.82 bits per heavy atom. The molecule has 0 aromatic carbocycles. The van der Waals surface area contributed by atoms with E-state index >= 15 is 0 Å². The van der Waals surface area contributed by atoms with Crippen LogP contribution in [0.3, 0.4) is 0 Å². The van der Waals surface area contributed by atoms with Crippen molar-refractivity contribution in [2.45, 2.75) is 39.3 Å². The lowest BCUT2D eigenvalue weighted by atomic mass is 9.84. The van der Waals surface area contributed by atoms with E-state index in [1.807, 2.05) is 0 Å². The van der Waals surface area contributed by atoms with Crippen molar-refractivity contribution in [2.24, 2.45) is 5.41 Å². The molecule has 1 fully saturated rings. The maximum absolute atomic E-state index is 13.4. The second kappa shape index (κ2) is 6.58. The average Bonchev–Trinajstić information content (AvgIpc) is 2.89. The molecule has 1 saturated heterocycles. The number of urea groups is 1. The van der Waals surface area contributed by atoms with Crippen molar-refractivity contribution in [3.63, 3.8) is 0 Å². The number of hydrogen-bond donors (Lipinski definition) is 3. The van der Waals surface area contributed by atoms with Crippen LogP contribution in [0.15, 0.2) is 18.3 Å². The Labute approximate surface area is 130 Å². The lowest BCUT2D eigenvalue weighted by Gasteiger charge is -2.26. The molecule has 1 aliphatic rings. The Morgan fingerprint density at radius 2 is 2.23 bits per heavy atom. The largest absolute Gasteiger partial charge is 0.326 e. The van der Waals surface area contributed by atoms with Crippen molar-refractivity contribution in [3.8, 4) is 0 Å². The molecule has 0 saturated carbocycles. The summed E-state index contributed by atoms with van der Waals surface area (Å²) in [6, 6.07) is 3.23. The van der Waals surface area contributed by atoms with Gasteiger partial charge in [-0.2, -0.15) is 4.39 Å². The molecule has 1 aromatic heterocycles. The standard InChI is InChI=1S/C15H24FN5O/c1-15(2,3)12-8-10(19-20-12)9-21(4)14(22)18-11-6-5-7-17-13(11)16/h5-7,10,12,19-20H,8-9H2,1-4H3,(H,18,22). The summed E-state index contributed by atoms with van der Waals surface area (Å²) in [6.07, 6.45) is 2.28. The first-order valence-electron chi connectivity index (χ1n) is 7.41. The molecule has 0 radical (unpaired) electrons. The fourth-order valence-electron chi connectivity index (χ4n) is 2.41. The summed E-state index contributed by atoms with van der Waals surface area (Å²) in [5, 5.41) is 2.53. The fraction of sp³-hybridized carbons (Fsp3) is 0.600. The SMILES string of the molecule is CN(CC1CC(C(C)(C)C)NN1)C(=O)Nc1cccnc1F. The topological polar surface area (TPSA) is 69.3 Å². The number of hydrogen-bond acceptors (Lipinski definition) is 4. The number of rotatable bonds is 3. The summed E-state index contributed by atoms with van der Waals surface area (Å²) in [5.74, 6) is -0.683. The first kappa shape index (κ1) is 16.6. The number of aromatic nitrogens is 1. The lowest BCUT2D eigenvalue weighted by molar-refractivity contribution is 0.217. The van der Waals surface area contributed by atoms with Gasteiger partial charge in [0.25, 0.3) is 0 Å². The van der Waals surface area contributed by atoms with Crippen LogP contribution < -0.4 is 16.2 Å². The van der Waals surface area contributed by atoms with Gasteiger partial charge in [-0.1, -0.05) is 20.8 Å². The van der Waals surface area contributed by atoms with Gasteiger partial charge in [-0.05, 0) is 24.0 Å². The van der Waals surface area contributed by atoms with Crippen LogP contribution in [0.1, 0.15) is 27.2 Å². The van der Waals surface area contributed by atoms with E-state index in [0.717, 1.165) is 6.42 Å². The minimum atomic E-state index is -0.683. The summed E-state index contributed by atoms with van der Waals surface area (Å²) >= 11 is 0. The third-order valence-corrected chi connectivity index (χ3v) is 3.87.